The van der Waals surface area contributed by atoms with Crippen LogP contribution in [-0.4, -0.2) is 66.2 Å². The summed E-state index contributed by atoms with van der Waals surface area (Å²) in [6.07, 6.45) is 0. The van der Waals surface area contributed by atoms with E-state index < -0.39 is 0 Å². The first kappa shape index (κ1) is 20.7. The second-order valence-electron chi connectivity index (χ2n) is 6.01. The average Bonchev–Trinajstić information content (AvgIpc) is 2.98. The summed E-state index contributed by atoms with van der Waals surface area (Å²) < 4.78 is 0.628. The van der Waals surface area contributed by atoms with Gasteiger partial charge in [-0.2, -0.15) is 0 Å². The third kappa shape index (κ3) is 4.36. The molecule has 2 aromatic rings. The van der Waals surface area contributed by atoms with E-state index in [-0.39, 0.29) is 11.7 Å². The molecule has 1 saturated heterocycles. The molecule has 0 spiro atoms. The van der Waals surface area contributed by atoms with Crippen LogP contribution >= 0.6 is 34.5 Å². The molecule has 0 saturated carbocycles. The van der Waals surface area contributed by atoms with Crippen LogP contribution < -0.4 is 15.0 Å². The average molecular weight is 486 g/mol. The third-order valence-corrected chi connectivity index (χ3v) is 7.18. The number of hydrogen-bond acceptors (Lipinski definition) is 5. The van der Waals surface area contributed by atoms with Gasteiger partial charge in [0.15, 0.2) is 0 Å². The first-order valence-corrected chi connectivity index (χ1v) is 11.0. The number of nitrogens with zero attached hydrogens (tertiary/aromatic N) is 1. The number of amides is 1. The number of benzene rings is 1. The fraction of sp³-hybridized carbons (Fsp3) is 0.333. The molecule has 1 aliphatic heterocycles. The Labute approximate surface area is 180 Å². The van der Waals surface area contributed by atoms with Gasteiger partial charge in [0.05, 0.1) is 0 Å². The van der Waals surface area contributed by atoms with E-state index in [2.05, 4.69) is 27.5 Å². The van der Waals surface area contributed by atoms with E-state index in [4.69, 9.17) is 23.2 Å². The number of carbonyl (C=O) groups is 2. The summed E-state index contributed by atoms with van der Waals surface area (Å²) in [4.78, 5) is 28.5. The number of ketones is 1. The van der Waals surface area contributed by atoms with Crippen molar-refractivity contribution in [2.45, 2.75) is 6.92 Å². The summed E-state index contributed by atoms with van der Waals surface area (Å²) in [5, 5.41) is 7.95. The zero-order chi connectivity index (χ0) is 19.6. The third-order valence-electron chi connectivity index (χ3n) is 4.22. The molecule has 2 N–H and O–H groups in total. The molecule has 1 aromatic carbocycles. The van der Waals surface area contributed by atoms with Gasteiger partial charge in [0.1, 0.15) is 0 Å². The molecule has 3 rings (SSSR count). The molecule has 0 atom stereocenters. The quantitative estimate of drug-likeness (QED) is 0.504. The monoisotopic (exact) mass is 485 g/mol. The molecule has 1 aliphatic rings. The van der Waals surface area contributed by atoms with Gasteiger partial charge in [0.2, 0.25) is 0 Å². The molecule has 142 valence electrons. The molecule has 0 bridgehead atoms. The zero-order valence-electron chi connectivity index (χ0n) is 14.6. The molecule has 9 heteroatoms. The van der Waals surface area contributed by atoms with Crippen molar-refractivity contribution >= 4 is 72.4 Å². The van der Waals surface area contributed by atoms with Crippen LogP contribution in [0.3, 0.4) is 0 Å². The molecule has 2 heterocycles. The standard InChI is InChI=1S/C18H18AsCl2N3O2S/c1-2-23-17-13(18(26)24-7-5-22-6-8-24)14(19)16(27-17)15(25)11-4-3-10(20)9-12(11)21/h3-4,9,22-23H,2,5-8H2,1H3. The molecular formula is C18H18AsCl2N3O2S. The van der Waals surface area contributed by atoms with Gasteiger partial charge in [-0.3, -0.25) is 0 Å². The van der Waals surface area contributed by atoms with Crippen LogP contribution in [0.4, 0.5) is 5.00 Å². The SMILES string of the molecule is CCNc1sc(C(=O)c2ccc(Cl)cc2Cl)c([As])c1C(=O)N1CCNCC1. The van der Waals surface area contributed by atoms with Crippen LogP contribution in [0.25, 0.3) is 0 Å². The van der Waals surface area contributed by atoms with Crippen molar-refractivity contribution in [1.29, 1.82) is 0 Å². The Morgan fingerprint density at radius 3 is 2.63 bits per heavy atom. The first-order valence-electron chi connectivity index (χ1n) is 8.53. The summed E-state index contributed by atoms with van der Waals surface area (Å²) in [5.41, 5.74) is 0.927. The predicted octanol–water partition coefficient (Wildman–Crippen LogP) is 2.56. The van der Waals surface area contributed by atoms with Crippen molar-refractivity contribution in [3.8, 4) is 0 Å². The Kier molecular flexibility index (Phi) is 6.87. The second kappa shape index (κ2) is 8.97. The predicted molar refractivity (Wildman–Crippen MR) is 113 cm³/mol. The maximum atomic E-state index is 13.1. The summed E-state index contributed by atoms with van der Waals surface area (Å²) in [6, 6.07) is 4.80. The number of carbonyl (C=O) groups excluding carboxylic acids is 2. The van der Waals surface area contributed by atoms with E-state index in [1.807, 2.05) is 11.8 Å². The summed E-state index contributed by atoms with van der Waals surface area (Å²) in [6.45, 7) is 5.46. The normalized spacial score (nSPS) is 14.3. The van der Waals surface area contributed by atoms with Gasteiger partial charge in [-0.15, -0.1) is 0 Å². The molecule has 1 fully saturated rings. The van der Waals surface area contributed by atoms with E-state index in [0.29, 0.717) is 55.0 Å². The van der Waals surface area contributed by atoms with Gasteiger partial charge in [-0.05, 0) is 0 Å². The summed E-state index contributed by atoms with van der Waals surface area (Å²) in [7, 11) is 0. The molecule has 0 unspecified atom stereocenters. The molecule has 1 aromatic heterocycles. The maximum absolute atomic E-state index is 13.1. The van der Waals surface area contributed by atoms with Crippen LogP contribution in [0, 0.1) is 0 Å². The Bertz CT molecular complexity index is 882. The van der Waals surface area contributed by atoms with Gasteiger partial charge in [-0.1, -0.05) is 0 Å². The fourth-order valence-electron chi connectivity index (χ4n) is 2.88. The number of rotatable bonds is 5. The second-order valence-corrected chi connectivity index (χ2v) is 8.81. The van der Waals surface area contributed by atoms with Gasteiger partial charge in [-0.25, -0.2) is 0 Å². The Morgan fingerprint density at radius 1 is 1.30 bits per heavy atom. The van der Waals surface area contributed by atoms with Crippen molar-refractivity contribution < 1.29 is 9.59 Å². The number of halogens is 2. The molecule has 0 aliphatic carbocycles. The molecule has 2 radical (unpaired) electrons. The summed E-state index contributed by atoms with van der Waals surface area (Å²) >= 11 is 15.8. The topological polar surface area (TPSA) is 61.4 Å². The Hall–Kier alpha value is -1.04. The Morgan fingerprint density at radius 2 is 2.00 bits per heavy atom. The minimum absolute atomic E-state index is 0.0550. The van der Waals surface area contributed by atoms with Crippen LogP contribution in [-0.2, 0) is 0 Å². The van der Waals surface area contributed by atoms with Crippen LogP contribution in [0.1, 0.15) is 32.5 Å². The van der Waals surface area contributed by atoms with Crippen LogP contribution in [0.15, 0.2) is 18.2 Å². The number of thiophene rings is 1. The van der Waals surface area contributed by atoms with Crippen molar-refractivity contribution in [2.24, 2.45) is 0 Å². The van der Waals surface area contributed by atoms with E-state index in [9.17, 15) is 9.59 Å². The molecule has 1 amide bonds. The van der Waals surface area contributed by atoms with E-state index in [0.717, 1.165) is 13.1 Å². The van der Waals surface area contributed by atoms with Crippen molar-refractivity contribution in [3.63, 3.8) is 0 Å². The van der Waals surface area contributed by atoms with E-state index in [1.54, 1.807) is 18.2 Å². The fourth-order valence-corrected chi connectivity index (χ4v) is 5.59. The van der Waals surface area contributed by atoms with Crippen LogP contribution in [0.2, 0.25) is 10.0 Å². The molecule has 5 nitrogen and oxygen atoms in total. The Balaban J connectivity index is 2.01. The number of piperazine rings is 1. The number of nitrogens with one attached hydrogen (secondary N) is 2. The van der Waals surface area contributed by atoms with Crippen molar-refractivity contribution in [2.75, 3.05) is 38.0 Å². The number of hydrogen-bond donors (Lipinski definition) is 2. The van der Waals surface area contributed by atoms with Gasteiger partial charge >= 0.3 is 181 Å². The van der Waals surface area contributed by atoms with E-state index in [1.165, 1.54) is 11.3 Å². The van der Waals surface area contributed by atoms with Gasteiger partial charge < -0.3 is 0 Å². The molecule has 27 heavy (non-hydrogen) atoms. The van der Waals surface area contributed by atoms with Crippen LogP contribution in [0.5, 0.6) is 0 Å². The first-order chi connectivity index (χ1) is 12.9. The summed E-state index contributed by atoms with van der Waals surface area (Å²) in [5.74, 6) is -0.267. The molecular weight excluding hydrogens is 468 g/mol. The van der Waals surface area contributed by atoms with Gasteiger partial charge in [0.25, 0.3) is 0 Å². The number of anilines is 1. The van der Waals surface area contributed by atoms with Crippen molar-refractivity contribution in [1.82, 2.24) is 10.2 Å². The zero-order valence-corrected chi connectivity index (χ0v) is 18.8. The van der Waals surface area contributed by atoms with E-state index >= 15 is 0 Å². The minimum atomic E-state index is -0.212. The van der Waals surface area contributed by atoms with Crippen molar-refractivity contribution in [3.05, 3.63) is 44.2 Å². The van der Waals surface area contributed by atoms with Gasteiger partial charge in [0, 0.05) is 0 Å².